The molecule has 4 heteroatoms. The number of halogens is 2. The van der Waals surface area contributed by atoms with E-state index in [0.717, 1.165) is 11.1 Å². The van der Waals surface area contributed by atoms with Crippen LogP contribution < -0.4 is 5.32 Å². The minimum absolute atomic E-state index is 0.206. The highest BCUT2D eigenvalue weighted by molar-refractivity contribution is 6.31. The van der Waals surface area contributed by atoms with Gasteiger partial charge < -0.3 is 5.32 Å². The van der Waals surface area contributed by atoms with Gasteiger partial charge in [-0.3, -0.25) is 4.79 Å². The van der Waals surface area contributed by atoms with E-state index in [2.05, 4.69) is 5.32 Å². The van der Waals surface area contributed by atoms with Crippen LogP contribution in [0.4, 0.5) is 10.1 Å². The topological polar surface area (TPSA) is 29.1 Å². The second kappa shape index (κ2) is 7.71. The van der Waals surface area contributed by atoms with Gasteiger partial charge >= 0.3 is 0 Å². The van der Waals surface area contributed by atoms with E-state index in [4.69, 9.17) is 11.6 Å². The molecule has 132 valence electrons. The summed E-state index contributed by atoms with van der Waals surface area (Å²) in [6.07, 6.45) is 0. The van der Waals surface area contributed by atoms with Crippen molar-refractivity contribution in [1.82, 2.24) is 0 Å². The lowest BCUT2D eigenvalue weighted by molar-refractivity contribution is -0.117. The molecule has 0 heterocycles. The van der Waals surface area contributed by atoms with Crippen molar-refractivity contribution in [2.75, 3.05) is 5.32 Å². The SMILES string of the molecule is Cc1c(Cl)cccc1NC(=O)[C@@H](C)c1ccc(-c2ccccc2)c(F)c1. The van der Waals surface area contributed by atoms with Gasteiger partial charge in [-0.1, -0.05) is 60.1 Å². The molecule has 3 aromatic rings. The summed E-state index contributed by atoms with van der Waals surface area (Å²) in [4.78, 5) is 12.6. The zero-order valence-electron chi connectivity index (χ0n) is 14.6. The zero-order valence-corrected chi connectivity index (χ0v) is 15.3. The predicted molar refractivity (Wildman–Crippen MR) is 105 cm³/mol. The Morgan fingerprint density at radius 3 is 2.46 bits per heavy atom. The Morgan fingerprint density at radius 2 is 1.77 bits per heavy atom. The number of anilines is 1. The molecule has 26 heavy (non-hydrogen) atoms. The Morgan fingerprint density at radius 1 is 1.04 bits per heavy atom. The smallest absolute Gasteiger partial charge is 0.231 e. The van der Waals surface area contributed by atoms with Crippen LogP contribution in [0.25, 0.3) is 11.1 Å². The van der Waals surface area contributed by atoms with Gasteiger partial charge in [0.1, 0.15) is 5.82 Å². The van der Waals surface area contributed by atoms with Crippen molar-refractivity contribution in [3.05, 3.63) is 88.7 Å². The third-order valence-corrected chi connectivity index (χ3v) is 4.91. The van der Waals surface area contributed by atoms with Crippen LogP contribution in [0.2, 0.25) is 5.02 Å². The van der Waals surface area contributed by atoms with Gasteiger partial charge in [-0.05, 0) is 48.7 Å². The summed E-state index contributed by atoms with van der Waals surface area (Å²) in [5.41, 5.74) is 3.42. The van der Waals surface area contributed by atoms with Gasteiger partial charge in [0, 0.05) is 16.3 Å². The highest BCUT2D eigenvalue weighted by Gasteiger charge is 2.18. The van der Waals surface area contributed by atoms with Gasteiger partial charge in [0.2, 0.25) is 5.91 Å². The molecule has 0 aliphatic heterocycles. The molecule has 0 unspecified atom stereocenters. The molecular formula is C22H19ClFNO. The van der Waals surface area contributed by atoms with Gasteiger partial charge in [0.25, 0.3) is 0 Å². The summed E-state index contributed by atoms with van der Waals surface area (Å²) in [5, 5.41) is 3.46. The number of carbonyl (C=O) groups excluding carboxylic acids is 1. The molecule has 3 aromatic carbocycles. The Labute approximate surface area is 157 Å². The van der Waals surface area contributed by atoms with Crippen LogP contribution in [0.15, 0.2) is 66.7 Å². The molecule has 0 bridgehead atoms. The molecular weight excluding hydrogens is 349 g/mol. The van der Waals surface area contributed by atoms with Gasteiger partial charge in [-0.15, -0.1) is 0 Å². The number of carbonyl (C=O) groups is 1. The monoisotopic (exact) mass is 367 g/mol. The number of amides is 1. The molecule has 0 fully saturated rings. The van der Waals surface area contributed by atoms with Gasteiger partial charge in [-0.2, -0.15) is 0 Å². The van der Waals surface area contributed by atoms with Crippen LogP contribution in [0, 0.1) is 12.7 Å². The summed E-state index contributed by atoms with van der Waals surface area (Å²) in [6.45, 7) is 3.60. The molecule has 0 saturated carbocycles. The molecule has 1 N–H and O–H groups in total. The Hall–Kier alpha value is -2.65. The second-order valence-electron chi connectivity index (χ2n) is 6.23. The van der Waals surface area contributed by atoms with Crippen LogP contribution >= 0.6 is 11.6 Å². The van der Waals surface area contributed by atoms with Crippen molar-refractivity contribution in [2.24, 2.45) is 0 Å². The maximum atomic E-state index is 14.6. The van der Waals surface area contributed by atoms with E-state index in [9.17, 15) is 9.18 Å². The highest BCUT2D eigenvalue weighted by atomic mass is 35.5. The van der Waals surface area contributed by atoms with E-state index in [1.807, 2.05) is 37.3 Å². The number of nitrogens with one attached hydrogen (secondary N) is 1. The number of hydrogen-bond acceptors (Lipinski definition) is 1. The minimum Gasteiger partial charge on any atom is -0.325 e. The van der Waals surface area contributed by atoms with E-state index in [1.54, 1.807) is 37.3 Å². The lowest BCUT2D eigenvalue weighted by Gasteiger charge is -2.15. The van der Waals surface area contributed by atoms with E-state index in [-0.39, 0.29) is 11.7 Å². The van der Waals surface area contributed by atoms with Crippen LogP contribution in [0.1, 0.15) is 24.0 Å². The van der Waals surface area contributed by atoms with E-state index >= 15 is 0 Å². The lowest BCUT2D eigenvalue weighted by atomic mass is 9.96. The molecule has 0 aromatic heterocycles. The van der Waals surface area contributed by atoms with Crippen molar-refractivity contribution in [2.45, 2.75) is 19.8 Å². The zero-order chi connectivity index (χ0) is 18.7. The maximum absolute atomic E-state index is 14.6. The van der Waals surface area contributed by atoms with Crippen molar-refractivity contribution >= 4 is 23.2 Å². The van der Waals surface area contributed by atoms with Crippen molar-refractivity contribution in [3.63, 3.8) is 0 Å². The molecule has 3 rings (SSSR count). The molecule has 0 aliphatic rings. The van der Waals surface area contributed by atoms with Gasteiger partial charge in [0.15, 0.2) is 0 Å². The largest absolute Gasteiger partial charge is 0.325 e. The molecule has 2 nitrogen and oxygen atoms in total. The first-order chi connectivity index (χ1) is 12.5. The fourth-order valence-electron chi connectivity index (χ4n) is 2.79. The quantitative estimate of drug-likeness (QED) is 0.584. The fraction of sp³-hybridized carbons (Fsp3) is 0.136. The van der Waals surface area contributed by atoms with E-state index < -0.39 is 5.92 Å². The molecule has 1 amide bonds. The third-order valence-electron chi connectivity index (χ3n) is 4.50. The van der Waals surface area contributed by atoms with E-state index in [0.29, 0.717) is 21.8 Å². The van der Waals surface area contributed by atoms with Crippen LogP contribution in [0.3, 0.4) is 0 Å². The number of benzene rings is 3. The van der Waals surface area contributed by atoms with Crippen LogP contribution in [0.5, 0.6) is 0 Å². The molecule has 0 spiro atoms. The summed E-state index contributed by atoms with van der Waals surface area (Å²) >= 11 is 6.09. The average Bonchev–Trinajstić information content (AvgIpc) is 2.65. The second-order valence-corrected chi connectivity index (χ2v) is 6.64. The maximum Gasteiger partial charge on any atom is 0.231 e. The van der Waals surface area contributed by atoms with Crippen molar-refractivity contribution in [3.8, 4) is 11.1 Å². The molecule has 0 radical (unpaired) electrons. The first kappa shape index (κ1) is 18.2. The average molecular weight is 368 g/mol. The minimum atomic E-state index is -0.493. The molecule has 0 saturated heterocycles. The normalized spacial score (nSPS) is 11.8. The Bertz CT molecular complexity index is 940. The van der Waals surface area contributed by atoms with Gasteiger partial charge in [0.05, 0.1) is 5.92 Å². The third kappa shape index (κ3) is 3.78. The number of rotatable bonds is 4. The number of hydrogen-bond donors (Lipinski definition) is 1. The molecule has 1 atom stereocenters. The Balaban J connectivity index is 1.81. The lowest BCUT2D eigenvalue weighted by Crippen LogP contribution is -2.19. The van der Waals surface area contributed by atoms with Crippen molar-refractivity contribution in [1.29, 1.82) is 0 Å². The first-order valence-corrected chi connectivity index (χ1v) is 8.76. The summed E-state index contributed by atoms with van der Waals surface area (Å²) < 4.78 is 14.6. The van der Waals surface area contributed by atoms with E-state index in [1.165, 1.54) is 6.07 Å². The summed E-state index contributed by atoms with van der Waals surface area (Å²) in [6, 6.07) is 19.6. The fourth-order valence-corrected chi connectivity index (χ4v) is 2.96. The summed E-state index contributed by atoms with van der Waals surface area (Å²) in [5.74, 6) is -1.04. The predicted octanol–water partition coefficient (Wildman–Crippen LogP) is 6.20. The summed E-state index contributed by atoms with van der Waals surface area (Å²) in [7, 11) is 0. The highest BCUT2D eigenvalue weighted by Crippen LogP contribution is 2.28. The van der Waals surface area contributed by atoms with Crippen LogP contribution in [-0.4, -0.2) is 5.91 Å². The first-order valence-electron chi connectivity index (χ1n) is 8.38. The van der Waals surface area contributed by atoms with Crippen molar-refractivity contribution < 1.29 is 9.18 Å². The molecule has 0 aliphatic carbocycles. The van der Waals surface area contributed by atoms with Crippen LogP contribution in [-0.2, 0) is 4.79 Å². The standard InChI is InChI=1S/C22H19ClFNO/c1-14(22(26)25-21-10-6-9-19(23)15(21)2)17-11-12-18(20(24)13-17)16-7-4-3-5-8-16/h3-14H,1-2H3,(H,25,26)/t14-/m0/s1. The van der Waals surface area contributed by atoms with Gasteiger partial charge in [-0.25, -0.2) is 4.39 Å². The Kier molecular flexibility index (Phi) is 5.38.